The largest absolute Gasteiger partial charge is 0.483 e. The second-order valence-electron chi connectivity index (χ2n) is 6.31. The highest BCUT2D eigenvalue weighted by Gasteiger charge is 2.17. The Morgan fingerprint density at radius 1 is 1.04 bits per heavy atom. The van der Waals surface area contributed by atoms with Crippen LogP contribution in [0.3, 0.4) is 0 Å². The van der Waals surface area contributed by atoms with Gasteiger partial charge in [0.25, 0.3) is 11.8 Å². The molecule has 0 aliphatic rings. The van der Waals surface area contributed by atoms with Gasteiger partial charge in [0.1, 0.15) is 5.75 Å². The predicted molar refractivity (Wildman–Crippen MR) is 97.2 cm³/mol. The van der Waals surface area contributed by atoms with Crippen molar-refractivity contribution in [3.63, 3.8) is 0 Å². The number of carbonyl (C=O) groups excluding carboxylic acids is 2. The van der Waals surface area contributed by atoms with Crippen molar-refractivity contribution >= 4 is 11.8 Å². The first-order valence-corrected chi connectivity index (χ1v) is 8.33. The number of rotatable bonds is 8. The van der Waals surface area contributed by atoms with Crippen molar-refractivity contribution in [1.29, 1.82) is 0 Å². The van der Waals surface area contributed by atoms with Gasteiger partial charge < -0.3 is 15.8 Å². The number of nitrogens with one attached hydrogen (secondary N) is 1. The molecule has 1 atom stereocenters. The summed E-state index contributed by atoms with van der Waals surface area (Å²) in [6, 6.07) is 16.4. The second-order valence-corrected chi connectivity index (χ2v) is 6.31. The molecule has 2 aromatic rings. The molecule has 0 aliphatic heterocycles. The van der Waals surface area contributed by atoms with Gasteiger partial charge >= 0.3 is 0 Å². The Morgan fingerprint density at radius 3 is 2.32 bits per heavy atom. The van der Waals surface area contributed by atoms with Crippen molar-refractivity contribution in [2.24, 2.45) is 11.7 Å². The fourth-order valence-electron chi connectivity index (χ4n) is 2.61. The summed E-state index contributed by atoms with van der Waals surface area (Å²) in [5, 5.41) is 3.00. The van der Waals surface area contributed by atoms with Crippen molar-refractivity contribution < 1.29 is 14.3 Å². The summed E-state index contributed by atoms with van der Waals surface area (Å²) in [7, 11) is 0. The van der Waals surface area contributed by atoms with Gasteiger partial charge in [0.15, 0.2) is 6.61 Å². The Kier molecular flexibility index (Phi) is 6.57. The number of hydrogen-bond donors (Lipinski definition) is 2. The molecule has 0 heterocycles. The second kappa shape index (κ2) is 8.87. The van der Waals surface area contributed by atoms with E-state index in [-0.39, 0.29) is 24.1 Å². The maximum absolute atomic E-state index is 12.3. The molecule has 1 unspecified atom stereocenters. The molecule has 2 aromatic carbocycles. The van der Waals surface area contributed by atoms with Crippen LogP contribution in [-0.2, 0) is 4.79 Å². The summed E-state index contributed by atoms with van der Waals surface area (Å²) in [5.41, 5.74) is 6.63. The van der Waals surface area contributed by atoms with Crippen LogP contribution in [0.1, 0.15) is 42.2 Å². The van der Waals surface area contributed by atoms with Crippen LogP contribution in [-0.4, -0.2) is 18.4 Å². The molecule has 2 rings (SSSR count). The molecule has 0 spiro atoms. The first-order chi connectivity index (χ1) is 12.0. The predicted octanol–water partition coefficient (Wildman–Crippen LogP) is 3.07. The Hall–Kier alpha value is -2.82. The molecule has 132 valence electrons. The van der Waals surface area contributed by atoms with E-state index in [1.165, 1.54) is 0 Å². The third-order valence-electron chi connectivity index (χ3n) is 3.76. The fourth-order valence-corrected chi connectivity index (χ4v) is 2.61. The van der Waals surface area contributed by atoms with Gasteiger partial charge in [-0.25, -0.2) is 0 Å². The first kappa shape index (κ1) is 18.5. The van der Waals surface area contributed by atoms with Crippen molar-refractivity contribution in [3.05, 3.63) is 65.7 Å². The molecule has 0 saturated carbocycles. The van der Waals surface area contributed by atoms with Gasteiger partial charge in [0.05, 0.1) is 11.6 Å². The van der Waals surface area contributed by atoms with E-state index in [2.05, 4.69) is 19.2 Å². The number of hydrogen-bond acceptors (Lipinski definition) is 3. The van der Waals surface area contributed by atoms with E-state index in [4.69, 9.17) is 10.5 Å². The van der Waals surface area contributed by atoms with E-state index < -0.39 is 5.91 Å². The molecule has 0 aromatic heterocycles. The van der Waals surface area contributed by atoms with Crippen LogP contribution >= 0.6 is 0 Å². The third kappa shape index (κ3) is 5.64. The Balaban J connectivity index is 2.01. The third-order valence-corrected chi connectivity index (χ3v) is 3.76. The molecule has 0 fully saturated rings. The van der Waals surface area contributed by atoms with Gasteiger partial charge in [-0.05, 0) is 30.0 Å². The average molecular weight is 340 g/mol. The number of nitrogens with two attached hydrogens (primary N) is 1. The molecule has 0 bridgehead atoms. The molecule has 0 aliphatic carbocycles. The summed E-state index contributed by atoms with van der Waals surface area (Å²) in [4.78, 5) is 23.7. The van der Waals surface area contributed by atoms with E-state index in [1.54, 1.807) is 24.3 Å². The summed E-state index contributed by atoms with van der Waals surface area (Å²) in [5.74, 6) is -0.0842. The maximum atomic E-state index is 12.3. The molecule has 5 heteroatoms. The molecule has 2 amide bonds. The van der Waals surface area contributed by atoms with Gasteiger partial charge in [0.2, 0.25) is 0 Å². The van der Waals surface area contributed by atoms with Crippen LogP contribution in [0, 0.1) is 5.92 Å². The Labute approximate surface area is 148 Å². The number of ether oxygens (including phenoxy) is 1. The molecular formula is C20H24N2O3. The van der Waals surface area contributed by atoms with E-state index in [0.29, 0.717) is 11.7 Å². The highest BCUT2D eigenvalue weighted by molar-refractivity contribution is 5.95. The van der Waals surface area contributed by atoms with Crippen molar-refractivity contribution in [3.8, 4) is 5.75 Å². The number of benzene rings is 2. The minimum atomic E-state index is -0.585. The van der Waals surface area contributed by atoms with Gasteiger partial charge in [-0.3, -0.25) is 9.59 Å². The van der Waals surface area contributed by atoms with Crippen LogP contribution in [0.4, 0.5) is 0 Å². The zero-order chi connectivity index (χ0) is 18.2. The topological polar surface area (TPSA) is 81.4 Å². The zero-order valence-electron chi connectivity index (χ0n) is 14.6. The van der Waals surface area contributed by atoms with E-state index >= 15 is 0 Å². The standard InChI is InChI=1S/C20H24N2O3/c1-14(2)12-17(15-8-4-3-5-9-15)22-19(23)13-25-18-11-7-6-10-16(18)20(21)24/h3-11,14,17H,12-13H2,1-2H3,(H2,21,24)(H,22,23). The smallest absolute Gasteiger partial charge is 0.258 e. The lowest BCUT2D eigenvalue weighted by Gasteiger charge is -2.21. The van der Waals surface area contributed by atoms with Crippen molar-refractivity contribution in [1.82, 2.24) is 5.32 Å². The lowest BCUT2D eigenvalue weighted by Crippen LogP contribution is -2.33. The quantitative estimate of drug-likeness (QED) is 0.775. The lowest BCUT2D eigenvalue weighted by molar-refractivity contribution is -0.124. The minimum absolute atomic E-state index is 0.0799. The normalized spacial score (nSPS) is 11.8. The van der Waals surface area contributed by atoms with Gasteiger partial charge in [0, 0.05) is 0 Å². The number of para-hydroxylation sites is 1. The first-order valence-electron chi connectivity index (χ1n) is 8.33. The Morgan fingerprint density at radius 2 is 1.68 bits per heavy atom. The van der Waals surface area contributed by atoms with Crippen molar-refractivity contribution in [2.75, 3.05) is 6.61 Å². The summed E-state index contributed by atoms with van der Waals surface area (Å²) in [6.45, 7) is 4.05. The highest BCUT2D eigenvalue weighted by Crippen LogP contribution is 2.21. The lowest BCUT2D eigenvalue weighted by atomic mass is 9.97. The van der Waals surface area contributed by atoms with Crippen molar-refractivity contribution in [2.45, 2.75) is 26.3 Å². The van der Waals surface area contributed by atoms with Gasteiger partial charge in [-0.1, -0.05) is 56.3 Å². The average Bonchev–Trinajstić information content (AvgIpc) is 2.60. The molecular weight excluding hydrogens is 316 g/mol. The molecule has 0 saturated heterocycles. The van der Waals surface area contributed by atoms with Crippen LogP contribution in [0.15, 0.2) is 54.6 Å². The zero-order valence-corrected chi connectivity index (χ0v) is 14.6. The van der Waals surface area contributed by atoms with E-state index in [1.807, 2.05) is 30.3 Å². The number of amides is 2. The maximum Gasteiger partial charge on any atom is 0.258 e. The van der Waals surface area contributed by atoms with Crippen LogP contribution in [0.25, 0.3) is 0 Å². The van der Waals surface area contributed by atoms with Gasteiger partial charge in [-0.15, -0.1) is 0 Å². The van der Waals surface area contributed by atoms with Crippen LogP contribution < -0.4 is 15.8 Å². The molecule has 5 nitrogen and oxygen atoms in total. The SMILES string of the molecule is CC(C)CC(NC(=O)COc1ccccc1C(N)=O)c1ccccc1. The van der Waals surface area contributed by atoms with Gasteiger partial charge in [-0.2, -0.15) is 0 Å². The summed E-state index contributed by atoms with van der Waals surface area (Å²) >= 11 is 0. The van der Waals surface area contributed by atoms with Crippen LogP contribution in [0.5, 0.6) is 5.75 Å². The molecule has 3 N–H and O–H groups in total. The highest BCUT2D eigenvalue weighted by atomic mass is 16.5. The molecule has 25 heavy (non-hydrogen) atoms. The monoisotopic (exact) mass is 340 g/mol. The number of carbonyl (C=O) groups is 2. The summed E-state index contributed by atoms with van der Waals surface area (Å²) < 4.78 is 5.49. The Bertz CT molecular complexity index is 714. The summed E-state index contributed by atoms with van der Waals surface area (Å²) in [6.07, 6.45) is 0.827. The van der Waals surface area contributed by atoms with E-state index in [9.17, 15) is 9.59 Å². The van der Waals surface area contributed by atoms with E-state index in [0.717, 1.165) is 12.0 Å². The molecule has 0 radical (unpaired) electrons. The minimum Gasteiger partial charge on any atom is -0.483 e. The van der Waals surface area contributed by atoms with Crippen LogP contribution in [0.2, 0.25) is 0 Å². The fraction of sp³-hybridized carbons (Fsp3) is 0.300. The number of primary amides is 1.